The topological polar surface area (TPSA) is 41.3 Å². The van der Waals surface area contributed by atoms with Gasteiger partial charge in [0, 0.05) is 36.5 Å². The Hall–Kier alpha value is -1.22. The molecule has 0 spiro atoms. The summed E-state index contributed by atoms with van der Waals surface area (Å²) in [7, 11) is 0. The van der Waals surface area contributed by atoms with E-state index in [1.807, 2.05) is 0 Å². The second-order valence-electron chi connectivity index (χ2n) is 7.59. The summed E-state index contributed by atoms with van der Waals surface area (Å²) in [5, 5.41) is 3.74. The number of hydrogen-bond acceptors (Lipinski definition) is 3. The highest BCUT2D eigenvalue weighted by atomic mass is 15.1. The molecule has 0 bridgehead atoms. The molecule has 1 saturated carbocycles. The van der Waals surface area contributed by atoms with Gasteiger partial charge in [-0.15, -0.1) is 0 Å². The van der Waals surface area contributed by atoms with Crippen molar-refractivity contribution in [1.82, 2.24) is 0 Å². The fourth-order valence-electron chi connectivity index (χ4n) is 4.09. The van der Waals surface area contributed by atoms with E-state index in [-0.39, 0.29) is 0 Å². The molecule has 0 radical (unpaired) electrons. The van der Waals surface area contributed by atoms with E-state index in [9.17, 15) is 0 Å². The van der Waals surface area contributed by atoms with Crippen molar-refractivity contribution in [1.29, 1.82) is 0 Å². The summed E-state index contributed by atoms with van der Waals surface area (Å²) in [6, 6.07) is 7.96. The molecule has 3 rings (SSSR count). The number of nitrogens with zero attached hydrogens (tertiary/aromatic N) is 1. The zero-order valence-electron chi connectivity index (χ0n) is 14.9. The second-order valence-corrected chi connectivity index (χ2v) is 7.59. The van der Waals surface area contributed by atoms with Gasteiger partial charge in [-0.2, -0.15) is 0 Å². The minimum atomic E-state index is 0.419. The van der Waals surface area contributed by atoms with Crippen molar-refractivity contribution in [3.8, 4) is 0 Å². The third-order valence-electron chi connectivity index (χ3n) is 5.90. The molecule has 3 N–H and O–H groups in total. The van der Waals surface area contributed by atoms with Crippen LogP contribution < -0.4 is 16.0 Å². The molecular weight excluding hydrogens is 282 g/mol. The predicted octanol–water partition coefficient (Wildman–Crippen LogP) is 4.30. The van der Waals surface area contributed by atoms with Crippen LogP contribution in [0.5, 0.6) is 0 Å². The lowest BCUT2D eigenvalue weighted by atomic mass is 9.91. The van der Waals surface area contributed by atoms with Crippen LogP contribution in [-0.4, -0.2) is 25.2 Å². The van der Waals surface area contributed by atoms with E-state index < -0.39 is 0 Å². The Balaban J connectivity index is 1.60. The van der Waals surface area contributed by atoms with Gasteiger partial charge in [0.15, 0.2) is 0 Å². The quantitative estimate of drug-likeness (QED) is 0.870. The van der Waals surface area contributed by atoms with E-state index in [4.69, 9.17) is 5.73 Å². The minimum Gasteiger partial charge on any atom is -0.382 e. The molecule has 0 amide bonds. The van der Waals surface area contributed by atoms with Crippen molar-refractivity contribution in [3.63, 3.8) is 0 Å². The maximum absolute atomic E-state index is 6.01. The van der Waals surface area contributed by atoms with Crippen LogP contribution in [0, 0.1) is 12.8 Å². The first-order valence-corrected chi connectivity index (χ1v) is 9.53. The van der Waals surface area contributed by atoms with Crippen molar-refractivity contribution >= 4 is 11.4 Å². The number of nitrogens with two attached hydrogens (primary N) is 1. The number of piperidine rings is 1. The van der Waals surface area contributed by atoms with Crippen LogP contribution in [0.3, 0.4) is 0 Å². The maximum atomic E-state index is 6.01. The van der Waals surface area contributed by atoms with Gasteiger partial charge in [0.2, 0.25) is 0 Å². The van der Waals surface area contributed by atoms with E-state index >= 15 is 0 Å². The molecule has 1 aliphatic heterocycles. The first kappa shape index (κ1) is 16.6. The van der Waals surface area contributed by atoms with Crippen LogP contribution in [0.4, 0.5) is 11.4 Å². The Morgan fingerprint density at radius 3 is 2.39 bits per heavy atom. The highest BCUT2D eigenvalue weighted by Crippen LogP contribution is 2.29. The summed E-state index contributed by atoms with van der Waals surface area (Å²) in [6.07, 6.45) is 8.73. The second kappa shape index (κ2) is 7.57. The average Bonchev–Trinajstić information content (AvgIpc) is 2.59. The summed E-state index contributed by atoms with van der Waals surface area (Å²) < 4.78 is 0. The fourth-order valence-corrected chi connectivity index (χ4v) is 4.09. The number of rotatable bonds is 4. The number of nitrogens with one attached hydrogen (secondary N) is 1. The number of anilines is 2. The summed E-state index contributed by atoms with van der Waals surface area (Å²) in [6.45, 7) is 6.98. The van der Waals surface area contributed by atoms with Crippen molar-refractivity contribution in [2.24, 2.45) is 11.7 Å². The molecule has 3 heteroatoms. The van der Waals surface area contributed by atoms with Crippen LogP contribution in [0.15, 0.2) is 18.2 Å². The van der Waals surface area contributed by atoms with E-state index in [0.717, 1.165) is 18.8 Å². The van der Waals surface area contributed by atoms with Gasteiger partial charge in [0.05, 0.1) is 0 Å². The lowest BCUT2D eigenvalue weighted by Crippen LogP contribution is -2.34. The fraction of sp³-hybridized carbons (Fsp3) is 0.700. The van der Waals surface area contributed by atoms with Gasteiger partial charge in [0.25, 0.3) is 0 Å². The normalized spacial score (nSPS) is 26.3. The lowest BCUT2D eigenvalue weighted by Gasteiger charge is -2.34. The van der Waals surface area contributed by atoms with Gasteiger partial charge in [-0.3, -0.25) is 0 Å². The molecule has 2 fully saturated rings. The molecule has 2 aliphatic rings. The Labute approximate surface area is 141 Å². The minimum absolute atomic E-state index is 0.419. The maximum Gasteiger partial charge on any atom is 0.0373 e. The first-order chi connectivity index (χ1) is 11.2. The zero-order valence-corrected chi connectivity index (χ0v) is 14.9. The number of hydrogen-bond donors (Lipinski definition) is 2. The van der Waals surface area contributed by atoms with Gasteiger partial charge in [-0.05, 0) is 75.1 Å². The first-order valence-electron chi connectivity index (χ1n) is 9.53. The van der Waals surface area contributed by atoms with Gasteiger partial charge < -0.3 is 16.0 Å². The summed E-state index contributed by atoms with van der Waals surface area (Å²) >= 11 is 0. The summed E-state index contributed by atoms with van der Waals surface area (Å²) in [5.74, 6) is 0.936. The molecular formula is C20H33N3. The predicted molar refractivity (Wildman–Crippen MR) is 100 cm³/mol. The zero-order chi connectivity index (χ0) is 16.2. The van der Waals surface area contributed by atoms with E-state index in [1.54, 1.807) is 0 Å². The van der Waals surface area contributed by atoms with Crippen molar-refractivity contribution in [2.45, 2.75) is 70.9 Å². The van der Waals surface area contributed by atoms with Crippen LogP contribution >= 0.6 is 0 Å². The Morgan fingerprint density at radius 2 is 1.78 bits per heavy atom. The molecule has 0 unspecified atom stereocenters. The van der Waals surface area contributed by atoms with E-state index in [2.05, 4.69) is 42.3 Å². The molecule has 1 aromatic rings. The molecule has 0 aromatic heterocycles. The molecule has 128 valence electrons. The molecule has 1 aromatic carbocycles. The summed E-state index contributed by atoms with van der Waals surface area (Å²) in [5.41, 5.74) is 10.1. The average molecular weight is 316 g/mol. The highest BCUT2D eigenvalue weighted by molar-refractivity contribution is 5.60. The standard InChI is InChI=1S/C20H33N3/c1-3-16-10-12-23(13-11-16)19-8-9-20(15(2)14-19)22-18-6-4-17(21)5-7-18/h8-9,14,16-18,22H,3-7,10-13,21H2,1-2H3. The van der Waals surface area contributed by atoms with Gasteiger partial charge >= 0.3 is 0 Å². The lowest BCUT2D eigenvalue weighted by molar-refractivity contribution is 0.395. The molecule has 3 nitrogen and oxygen atoms in total. The largest absolute Gasteiger partial charge is 0.382 e. The smallest absolute Gasteiger partial charge is 0.0373 e. The summed E-state index contributed by atoms with van der Waals surface area (Å²) in [4.78, 5) is 2.56. The van der Waals surface area contributed by atoms with Crippen LogP contribution in [0.2, 0.25) is 0 Å². The molecule has 1 heterocycles. The van der Waals surface area contributed by atoms with Gasteiger partial charge in [-0.25, -0.2) is 0 Å². The monoisotopic (exact) mass is 315 g/mol. The third-order valence-corrected chi connectivity index (χ3v) is 5.90. The molecule has 1 saturated heterocycles. The van der Waals surface area contributed by atoms with Crippen molar-refractivity contribution in [2.75, 3.05) is 23.3 Å². The number of aryl methyl sites for hydroxylation is 1. The Kier molecular flexibility index (Phi) is 5.47. The van der Waals surface area contributed by atoms with Crippen LogP contribution in [0.25, 0.3) is 0 Å². The van der Waals surface area contributed by atoms with Gasteiger partial charge in [0.1, 0.15) is 0 Å². The van der Waals surface area contributed by atoms with Crippen molar-refractivity contribution < 1.29 is 0 Å². The van der Waals surface area contributed by atoms with Gasteiger partial charge in [-0.1, -0.05) is 13.3 Å². The van der Waals surface area contributed by atoms with Crippen LogP contribution in [0.1, 0.15) is 57.4 Å². The Morgan fingerprint density at radius 1 is 1.09 bits per heavy atom. The molecule has 0 atom stereocenters. The third kappa shape index (κ3) is 4.20. The molecule has 23 heavy (non-hydrogen) atoms. The SMILES string of the molecule is CCC1CCN(c2ccc(NC3CCC(N)CC3)c(C)c2)CC1. The Bertz CT molecular complexity index is 498. The van der Waals surface area contributed by atoms with E-state index in [1.165, 1.54) is 62.1 Å². The van der Waals surface area contributed by atoms with Crippen molar-refractivity contribution in [3.05, 3.63) is 23.8 Å². The van der Waals surface area contributed by atoms with Crippen LogP contribution in [-0.2, 0) is 0 Å². The molecule has 1 aliphatic carbocycles. The van der Waals surface area contributed by atoms with E-state index in [0.29, 0.717) is 12.1 Å². The number of benzene rings is 1. The highest BCUT2D eigenvalue weighted by Gasteiger charge is 2.20.